The maximum absolute atomic E-state index is 12.6. The minimum absolute atomic E-state index is 0.0469. The first-order valence-corrected chi connectivity index (χ1v) is 10.6. The van der Waals surface area contributed by atoms with Crippen LogP contribution in [-0.2, 0) is 14.3 Å². The summed E-state index contributed by atoms with van der Waals surface area (Å²) in [6.07, 6.45) is 6.20. The van der Waals surface area contributed by atoms with Gasteiger partial charge in [0.25, 0.3) is 5.91 Å². The number of aryl methyl sites for hydroxylation is 1. The zero-order valence-electron chi connectivity index (χ0n) is 16.2. The molecule has 2 aliphatic rings. The van der Waals surface area contributed by atoms with Crippen LogP contribution in [0.3, 0.4) is 0 Å². The van der Waals surface area contributed by atoms with E-state index < -0.39 is 5.97 Å². The van der Waals surface area contributed by atoms with Gasteiger partial charge in [0.15, 0.2) is 6.61 Å². The lowest BCUT2D eigenvalue weighted by molar-refractivity contribution is -0.125. The van der Waals surface area contributed by atoms with Crippen molar-refractivity contribution in [3.63, 3.8) is 0 Å². The molecule has 0 saturated heterocycles. The first kappa shape index (κ1) is 19.9. The molecule has 27 heavy (non-hydrogen) atoms. The van der Waals surface area contributed by atoms with Gasteiger partial charge in [-0.25, -0.2) is 4.79 Å². The maximum atomic E-state index is 12.6. The average Bonchev–Trinajstić information content (AvgIpc) is 3.43. The van der Waals surface area contributed by atoms with Crippen molar-refractivity contribution < 1.29 is 19.1 Å². The molecule has 2 amide bonds. The first-order chi connectivity index (χ1) is 12.9. The molecule has 6 nitrogen and oxygen atoms in total. The van der Waals surface area contributed by atoms with E-state index in [1.807, 2.05) is 13.8 Å². The van der Waals surface area contributed by atoms with E-state index in [2.05, 4.69) is 17.6 Å². The van der Waals surface area contributed by atoms with Crippen LogP contribution < -0.4 is 10.6 Å². The Balaban J connectivity index is 1.58. The van der Waals surface area contributed by atoms with Gasteiger partial charge in [-0.15, -0.1) is 11.3 Å². The zero-order chi connectivity index (χ0) is 19.6. The van der Waals surface area contributed by atoms with E-state index in [9.17, 15) is 14.4 Å². The molecule has 2 fully saturated rings. The molecule has 3 rings (SSSR count). The minimum atomic E-state index is -0.560. The van der Waals surface area contributed by atoms with Crippen LogP contribution in [0.5, 0.6) is 0 Å². The summed E-state index contributed by atoms with van der Waals surface area (Å²) >= 11 is 1.37. The zero-order valence-corrected chi connectivity index (χ0v) is 17.0. The van der Waals surface area contributed by atoms with E-state index in [0.717, 1.165) is 42.5 Å². The molecular formula is C20H28N2O4S. The van der Waals surface area contributed by atoms with Crippen molar-refractivity contribution in [1.82, 2.24) is 5.32 Å². The SMILES string of the molecule is Cc1sc(NC(=O)C2CC2)c(C(=O)OCC(=O)N[C@H]2CCCC[C@@H]2C)c1C. The highest BCUT2D eigenvalue weighted by Gasteiger charge is 2.32. The second kappa shape index (κ2) is 8.42. The van der Waals surface area contributed by atoms with Gasteiger partial charge >= 0.3 is 5.97 Å². The predicted molar refractivity (Wildman–Crippen MR) is 105 cm³/mol. The van der Waals surface area contributed by atoms with Gasteiger partial charge in [0.05, 0.1) is 5.56 Å². The summed E-state index contributed by atoms with van der Waals surface area (Å²) in [6.45, 7) is 5.58. The molecule has 2 saturated carbocycles. The summed E-state index contributed by atoms with van der Waals surface area (Å²) in [6, 6.07) is 0.156. The fraction of sp³-hybridized carbons (Fsp3) is 0.650. The van der Waals surface area contributed by atoms with E-state index in [1.165, 1.54) is 17.8 Å². The quantitative estimate of drug-likeness (QED) is 0.725. The van der Waals surface area contributed by atoms with Crippen molar-refractivity contribution in [2.24, 2.45) is 11.8 Å². The minimum Gasteiger partial charge on any atom is -0.452 e. The van der Waals surface area contributed by atoms with Gasteiger partial charge in [-0.2, -0.15) is 0 Å². The molecule has 0 aliphatic heterocycles. The number of anilines is 1. The monoisotopic (exact) mass is 392 g/mol. The summed E-state index contributed by atoms with van der Waals surface area (Å²) in [5.74, 6) is -0.372. The van der Waals surface area contributed by atoms with Crippen LogP contribution in [-0.4, -0.2) is 30.4 Å². The summed E-state index contributed by atoms with van der Waals surface area (Å²) in [4.78, 5) is 37.8. The Hall–Kier alpha value is -1.89. The normalized spacial score (nSPS) is 22.2. The van der Waals surface area contributed by atoms with Crippen LogP contribution in [0, 0.1) is 25.7 Å². The van der Waals surface area contributed by atoms with Crippen molar-refractivity contribution >= 4 is 34.1 Å². The average molecular weight is 393 g/mol. The topological polar surface area (TPSA) is 84.5 Å². The molecule has 2 atom stereocenters. The van der Waals surface area contributed by atoms with Crippen LogP contribution in [0.2, 0.25) is 0 Å². The predicted octanol–water partition coefficient (Wildman–Crippen LogP) is 3.57. The first-order valence-electron chi connectivity index (χ1n) is 9.74. The molecule has 148 valence electrons. The second-order valence-corrected chi connectivity index (χ2v) is 8.99. The van der Waals surface area contributed by atoms with E-state index in [0.29, 0.717) is 16.5 Å². The Labute approximate surface area is 164 Å². The number of esters is 1. The molecule has 0 aromatic carbocycles. The van der Waals surface area contributed by atoms with E-state index in [-0.39, 0.29) is 30.4 Å². The van der Waals surface area contributed by atoms with Gasteiger partial charge in [-0.3, -0.25) is 9.59 Å². The summed E-state index contributed by atoms with van der Waals surface area (Å²) in [7, 11) is 0. The van der Waals surface area contributed by atoms with Crippen LogP contribution in [0.25, 0.3) is 0 Å². The maximum Gasteiger partial charge on any atom is 0.341 e. The van der Waals surface area contributed by atoms with Crippen LogP contribution in [0.4, 0.5) is 5.00 Å². The molecule has 1 aromatic rings. The number of thiophene rings is 1. The van der Waals surface area contributed by atoms with Gasteiger partial charge in [0.2, 0.25) is 5.91 Å². The Morgan fingerprint density at radius 3 is 2.48 bits per heavy atom. The van der Waals surface area contributed by atoms with Crippen LogP contribution in [0.1, 0.15) is 66.2 Å². The largest absolute Gasteiger partial charge is 0.452 e. The molecule has 1 aromatic heterocycles. The Kier molecular flexibility index (Phi) is 6.19. The molecule has 0 spiro atoms. The van der Waals surface area contributed by atoms with Crippen molar-refractivity contribution in [2.45, 2.75) is 65.3 Å². The molecule has 1 heterocycles. The number of carbonyl (C=O) groups is 3. The Morgan fingerprint density at radius 1 is 1.11 bits per heavy atom. The molecule has 7 heteroatoms. The van der Waals surface area contributed by atoms with E-state index >= 15 is 0 Å². The number of rotatable bonds is 6. The lowest BCUT2D eigenvalue weighted by Crippen LogP contribution is -2.42. The van der Waals surface area contributed by atoms with E-state index in [1.54, 1.807) is 0 Å². The number of hydrogen-bond acceptors (Lipinski definition) is 5. The number of amides is 2. The third kappa shape index (κ3) is 4.89. The van der Waals surface area contributed by atoms with Crippen molar-refractivity contribution in [2.75, 3.05) is 11.9 Å². The van der Waals surface area contributed by atoms with Gasteiger partial charge < -0.3 is 15.4 Å². The van der Waals surface area contributed by atoms with Gasteiger partial charge in [0, 0.05) is 16.8 Å². The lowest BCUT2D eigenvalue weighted by atomic mass is 9.86. The highest BCUT2D eigenvalue weighted by molar-refractivity contribution is 7.16. The molecule has 0 radical (unpaired) electrons. The van der Waals surface area contributed by atoms with E-state index in [4.69, 9.17) is 4.74 Å². The standard InChI is InChI=1S/C20H28N2O4S/c1-11-6-4-5-7-15(11)21-16(23)10-26-20(25)17-12(2)13(3)27-19(17)22-18(24)14-8-9-14/h11,14-15H,4-10H2,1-3H3,(H,21,23)(H,22,24)/t11-,15-/m0/s1. The fourth-order valence-corrected chi connectivity index (χ4v) is 4.55. The number of carbonyl (C=O) groups excluding carboxylic acids is 3. The second-order valence-electron chi connectivity index (χ2n) is 7.76. The third-order valence-electron chi connectivity index (χ3n) is 5.57. The van der Waals surface area contributed by atoms with Gasteiger partial charge in [-0.1, -0.05) is 19.8 Å². The lowest BCUT2D eigenvalue weighted by Gasteiger charge is -2.29. The molecule has 2 N–H and O–H groups in total. The molecular weight excluding hydrogens is 364 g/mol. The molecule has 2 aliphatic carbocycles. The summed E-state index contributed by atoms with van der Waals surface area (Å²) in [5.41, 5.74) is 1.16. The Bertz CT molecular complexity index is 739. The molecule has 0 bridgehead atoms. The highest BCUT2D eigenvalue weighted by Crippen LogP contribution is 2.36. The van der Waals surface area contributed by atoms with Crippen LogP contribution in [0.15, 0.2) is 0 Å². The summed E-state index contributed by atoms with van der Waals surface area (Å²) < 4.78 is 5.26. The number of ether oxygens (including phenoxy) is 1. The summed E-state index contributed by atoms with van der Waals surface area (Å²) in [5, 5.41) is 6.36. The van der Waals surface area contributed by atoms with Gasteiger partial charge in [-0.05, 0) is 51.0 Å². The third-order valence-corrected chi connectivity index (χ3v) is 6.69. The molecule has 0 unspecified atom stereocenters. The highest BCUT2D eigenvalue weighted by atomic mass is 32.1. The number of nitrogens with one attached hydrogen (secondary N) is 2. The fourth-order valence-electron chi connectivity index (χ4n) is 3.50. The smallest absolute Gasteiger partial charge is 0.341 e. The number of hydrogen-bond donors (Lipinski definition) is 2. The van der Waals surface area contributed by atoms with Crippen molar-refractivity contribution in [3.8, 4) is 0 Å². The van der Waals surface area contributed by atoms with Gasteiger partial charge in [0.1, 0.15) is 5.00 Å². The van der Waals surface area contributed by atoms with Crippen LogP contribution >= 0.6 is 11.3 Å². The Morgan fingerprint density at radius 2 is 1.81 bits per heavy atom. The van der Waals surface area contributed by atoms with Crippen molar-refractivity contribution in [3.05, 3.63) is 16.0 Å². The van der Waals surface area contributed by atoms with Crippen molar-refractivity contribution in [1.29, 1.82) is 0 Å².